The number of nitrogens with one attached hydrogen (secondary N) is 1. The molecule has 2 aromatic rings. The van der Waals surface area contributed by atoms with E-state index in [4.69, 9.17) is 0 Å². The second-order valence-electron chi connectivity index (χ2n) is 5.93. The summed E-state index contributed by atoms with van der Waals surface area (Å²) in [5.74, 6) is 0.488. The van der Waals surface area contributed by atoms with E-state index in [2.05, 4.69) is 41.7 Å². The van der Waals surface area contributed by atoms with Crippen LogP contribution in [0.5, 0.6) is 0 Å². The highest BCUT2D eigenvalue weighted by molar-refractivity contribution is 7.16. The average molecular weight is 352 g/mol. The quantitative estimate of drug-likeness (QED) is 0.803. The molecule has 126 valence electrons. The van der Waals surface area contributed by atoms with Gasteiger partial charge in [0.1, 0.15) is 0 Å². The van der Waals surface area contributed by atoms with Gasteiger partial charge in [0, 0.05) is 29.9 Å². The number of aryl methyl sites for hydroxylation is 1. The second kappa shape index (κ2) is 8.45. The Labute approximate surface area is 146 Å². The molecule has 2 aromatic heterocycles. The number of thiazole rings is 1. The van der Waals surface area contributed by atoms with Crippen LogP contribution in [0.4, 0.5) is 4.79 Å². The van der Waals surface area contributed by atoms with E-state index in [0.29, 0.717) is 12.5 Å². The Balaban J connectivity index is 1.82. The maximum atomic E-state index is 12.1. The van der Waals surface area contributed by atoms with Crippen molar-refractivity contribution < 1.29 is 4.79 Å². The lowest BCUT2D eigenvalue weighted by molar-refractivity contribution is 0.194. The maximum absolute atomic E-state index is 12.1. The molecule has 0 bridgehead atoms. The fourth-order valence-corrected chi connectivity index (χ4v) is 3.98. The van der Waals surface area contributed by atoms with Crippen molar-refractivity contribution in [1.82, 2.24) is 15.2 Å². The summed E-state index contributed by atoms with van der Waals surface area (Å²) in [6.45, 7) is 10.5. The van der Waals surface area contributed by atoms with Crippen molar-refractivity contribution in [2.45, 2.75) is 34.1 Å². The van der Waals surface area contributed by atoms with Gasteiger partial charge in [0.15, 0.2) is 0 Å². The van der Waals surface area contributed by atoms with Gasteiger partial charge in [-0.05, 0) is 38.3 Å². The zero-order chi connectivity index (χ0) is 16.8. The zero-order valence-electron chi connectivity index (χ0n) is 14.3. The van der Waals surface area contributed by atoms with Crippen molar-refractivity contribution in [1.29, 1.82) is 0 Å². The van der Waals surface area contributed by atoms with E-state index in [1.807, 2.05) is 18.7 Å². The third kappa shape index (κ3) is 5.32. The normalized spacial score (nSPS) is 11.0. The van der Waals surface area contributed by atoms with Gasteiger partial charge in [-0.1, -0.05) is 13.8 Å². The Morgan fingerprint density at radius 3 is 2.78 bits per heavy atom. The van der Waals surface area contributed by atoms with Gasteiger partial charge >= 0.3 is 6.03 Å². The van der Waals surface area contributed by atoms with Crippen LogP contribution in [0.1, 0.15) is 30.7 Å². The van der Waals surface area contributed by atoms with Gasteiger partial charge in [0.05, 0.1) is 15.6 Å². The van der Waals surface area contributed by atoms with Crippen LogP contribution in [0.3, 0.4) is 0 Å². The molecule has 2 rings (SSSR count). The van der Waals surface area contributed by atoms with Crippen LogP contribution >= 0.6 is 22.7 Å². The molecule has 0 aliphatic heterocycles. The van der Waals surface area contributed by atoms with Crippen LogP contribution in [0.2, 0.25) is 0 Å². The maximum Gasteiger partial charge on any atom is 0.317 e. The first-order valence-corrected chi connectivity index (χ1v) is 9.73. The summed E-state index contributed by atoms with van der Waals surface area (Å²) in [5, 5.41) is 6.21. The van der Waals surface area contributed by atoms with Crippen molar-refractivity contribution in [3.63, 3.8) is 0 Å². The van der Waals surface area contributed by atoms with E-state index in [9.17, 15) is 4.79 Å². The Kier molecular flexibility index (Phi) is 6.59. The number of hydrogen-bond donors (Lipinski definition) is 1. The molecule has 2 amide bonds. The molecule has 0 saturated heterocycles. The van der Waals surface area contributed by atoms with Crippen LogP contribution in [0.15, 0.2) is 17.5 Å². The van der Waals surface area contributed by atoms with Gasteiger partial charge in [-0.25, -0.2) is 9.78 Å². The summed E-state index contributed by atoms with van der Waals surface area (Å²) in [6.07, 6.45) is 0.860. The van der Waals surface area contributed by atoms with Gasteiger partial charge < -0.3 is 10.2 Å². The average Bonchev–Trinajstić information content (AvgIpc) is 3.13. The van der Waals surface area contributed by atoms with Crippen molar-refractivity contribution in [2.75, 3.05) is 19.6 Å². The third-order valence-electron chi connectivity index (χ3n) is 3.44. The molecule has 0 atom stereocenters. The van der Waals surface area contributed by atoms with Gasteiger partial charge in [-0.3, -0.25) is 0 Å². The summed E-state index contributed by atoms with van der Waals surface area (Å²) in [7, 11) is 0. The number of carbonyl (C=O) groups excluding carboxylic acids is 1. The monoisotopic (exact) mass is 351 g/mol. The number of nitrogens with zero attached hydrogens (tertiary/aromatic N) is 2. The summed E-state index contributed by atoms with van der Waals surface area (Å²) in [4.78, 5) is 21.0. The molecule has 0 aliphatic rings. The van der Waals surface area contributed by atoms with Crippen LogP contribution in [0, 0.1) is 12.8 Å². The fourth-order valence-electron chi connectivity index (χ4n) is 2.33. The number of urea groups is 1. The lowest BCUT2D eigenvalue weighted by Gasteiger charge is -2.23. The molecule has 1 N–H and O–H groups in total. The number of aromatic nitrogens is 1. The van der Waals surface area contributed by atoms with Crippen LogP contribution in [0.25, 0.3) is 10.6 Å². The van der Waals surface area contributed by atoms with E-state index < -0.39 is 0 Å². The van der Waals surface area contributed by atoms with Crippen molar-refractivity contribution in [3.05, 3.63) is 27.4 Å². The van der Waals surface area contributed by atoms with E-state index >= 15 is 0 Å². The van der Waals surface area contributed by atoms with Crippen molar-refractivity contribution in [3.8, 4) is 10.6 Å². The predicted molar refractivity (Wildman–Crippen MR) is 99.4 cm³/mol. The summed E-state index contributed by atoms with van der Waals surface area (Å²) < 4.78 is 0. The van der Waals surface area contributed by atoms with E-state index in [0.717, 1.165) is 30.2 Å². The SMILES string of the molecule is CCN(CC(C)C)C(=O)NCCc1ccc(-c2csc(C)n2)s1. The Morgan fingerprint density at radius 1 is 1.39 bits per heavy atom. The van der Waals surface area contributed by atoms with Crippen molar-refractivity contribution >= 4 is 28.7 Å². The van der Waals surface area contributed by atoms with Gasteiger partial charge in [-0.2, -0.15) is 0 Å². The molecule has 4 nitrogen and oxygen atoms in total. The molecule has 0 spiro atoms. The number of hydrogen-bond acceptors (Lipinski definition) is 4. The minimum Gasteiger partial charge on any atom is -0.338 e. The Hall–Kier alpha value is -1.40. The summed E-state index contributed by atoms with van der Waals surface area (Å²) >= 11 is 3.43. The molecule has 0 saturated carbocycles. The fraction of sp³-hybridized carbons (Fsp3) is 0.529. The third-order valence-corrected chi connectivity index (χ3v) is 5.38. The molecular formula is C17H25N3OS2. The number of amides is 2. The number of carbonyl (C=O) groups is 1. The zero-order valence-corrected chi connectivity index (χ0v) is 15.9. The highest BCUT2D eigenvalue weighted by Crippen LogP contribution is 2.29. The highest BCUT2D eigenvalue weighted by atomic mass is 32.1. The van der Waals surface area contributed by atoms with Gasteiger partial charge in [0.25, 0.3) is 0 Å². The Morgan fingerprint density at radius 2 is 2.17 bits per heavy atom. The molecule has 23 heavy (non-hydrogen) atoms. The van der Waals surface area contributed by atoms with Gasteiger partial charge in [-0.15, -0.1) is 22.7 Å². The molecule has 6 heteroatoms. The molecule has 2 heterocycles. The number of thiophene rings is 1. The minimum atomic E-state index is 0.0353. The first-order chi connectivity index (χ1) is 11.0. The molecule has 0 aromatic carbocycles. The molecule has 0 aliphatic carbocycles. The van der Waals surface area contributed by atoms with Gasteiger partial charge in [0.2, 0.25) is 0 Å². The van der Waals surface area contributed by atoms with E-state index in [-0.39, 0.29) is 6.03 Å². The molecule has 0 unspecified atom stereocenters. The smallest absolute Gasteiger partial charge is 0.317 e. The first kappa shape index (κ1) is 17.9. The highest BCUT2D eigenvalue weighted by Gasteiger charge is 2.12. The van der Waals surface area contributed by atoms with Crippen LogP contribution in [-0.2, 0) is 6.42 Å². The summed E-state index contributed by atoms with van der Waals surface area (Å²) in [6, 6.07) is 4.29. The van der Waals surface area contributed by atoms with E-state index in [1.54, 1.807) is 22.7 Å². The van der Waals surface area contributed by atoms with Crippen LogP contribution in [-0.4, -0.2) is 35.5 Å². The molecule has 0 fully saturated rings. The number of rotatable bonds is 7. The second-order valence-corrected chi connectivity index (χ2v) is 8.16. The topological polar surface area (TPSA) is 45.2 Å². The lowest BCUT2D eigenvalue weighted by atomic mass is 10.2. The van der Waals surface area contributed by atoms with Crippen LogP contribution < -0.4 is 5.32 Å². The minimum absolute atomic E-state index is 0.0353. The predicted octanol–water partition coefficient (Wildman–Crippen LogP) is 4.41. The summed E-state index contributed by atoms with van der Waals surface area (Å²) in [5.41, 5.74) is 1.06. The lowest BCUT2D eigenvalue weighted by Crippen LogP contribution is -2.42. The van der Waals surface area contributed by atoms with E-state index in [1.165, 1.54) is 9.75 Å². The Bertz CT molecular complexity index is 633. The van der Waals surface area contributed by atoms with Crippen molar-refractivity contribution in [2.24, 2.45) is 5.92 Å². The standard InChI is InChI=1S/C17H25N3OS2/c1-5-20(10-12(2)3)17(21)18-9-8-14-6-7-16(23-14)15-11-22-13(4)19-15/h6-7,11-12H,5,8-10H2,1-4H3,(H,18,21). The largest absolute Gasteiger partial charge is 0.338 e. The first-order valence-electron chi connectivity index (χ1n) is 8.03. The molecule has 0 radical (unpaired) electrons. The molecular weight excluding hydrogens is 326 g/mol.